The molecular formula is C15H13BrN2O. The van der Waals surface area contributed by atoms with Crippen LogP contribution in [0.4, 0.5) is 0 Å². The summed E-state index contributed by atoms with van der Waals surface area (Å²) in [6.45, 7) is 4.20. The molecule has 1 aromatic heterocycles. The molecule has 0 amide bonds. The predicted molar refractivity (Wildman–Crippen MR) is 77.3 cm³/mol. The SMILES string of the molecule is CC(C)c1cc(Br)ccc1Oc1cnccc1C#N. The third-order valence-corrected chi connectivity index (χ3v) is 3.21. The highest BCUT2D eigenvalue weighted by Gasteiger charge is 2.11. The highest BCUT2D eigenvalue weighted by atomic mass is 79.9. The number of hydrogen-bond acceptors (Lipinski definition) is 3. The summed E-state index contributed by atoms with van der Waals surface area (Å²) in [5.74, 6) is 1.56. The van der Waals surface area contributed by atoms with Crippen molar-refractivity contribution in [3.63, 3.8) is 0 Å². The van der Waals surface area contributed by atoms with Gasteiger partial charge in [0.15, 0.2) is 5.75 Å². The lowest BCUT2D eigenvalue weighted by Gasteiger charge is -2.14. The molecule has 0 unspecified atom stereocenters. The first-order chi connectivity index (χ1) is 9.11. The van der Waals surface area contributed by atoms with Gasteiger partial charge in [0.1, 0.15) is 11.8 Å². The van der Waals surface area contributed by atoms with Crippen LogP contribution >= 0.6 is 15.9 Å². The number of pyridine rings is 1. The summed E-state index contributed by atoms with van der Waals surface area (Å²) in [5, 5.41) is 9.05. The zero-order chi connectivity index (χ0) is 13.8. The van der Waals surface area contributed by atoms with Gasteiger partial charge in [-0.2, -0.15) is 5.26 Å². The first-order valence-electron chi connectivity index (χ1n) is 5.93. The van der Waals surface area contributed by atoms with Gasteiger partial charge in [-0.15, -0.1) is 0 Å². The van der Waals surface area contributed by atoms with Crippen LogP contribution in [0.15, 0.2) is 41.1 Å². The molecule has 4 heteroatoms. The molecule has 96 valence electrons. The lowest BCUT2D eigenvalue weighted by molar-refractivity contribution is 0.469. The molecule has 3 nitrogen and oxygen atoms in total. The molecule has 1 aromatic carbocycles. The van der Waals surface area contributed by atoms with Crippen LogP contribution in [0.2, 0.25) is 0 Å². The van der Waals surface area contributed by atoms with Crippen LogP contribution in [0.5, 0.6) is 11.5 Å². The molecule has 1 heterocycles. The molecular weight excluding hydrogens is 304 g/mol. The number of halogens is 1. The van der Waals surface area contributed by atoms with E-state index >= 15 is 0 Å². The zero-order valence-corrected chi connectivity index (χ0v) is 12.3. The third kappa shape index (κ3) is 3.12. The molecule has 0 bridgehead atoms. The van der Waals surface area contributed by atoms with Crippen LogP contribution in [-0.4, -0.2) is 4.98 Å². The molecule has 0 spiro atoms. The Balaban J connectivity index is 2.41. The zero-order valence-electron chi connectivity index (χ0n) is 10.7. The van der Waals surface area contributed by atoms with Crippen LogP contribution in [0.3, 0.4) is 0 Å². The summed E-state index contributed by atoms with van der Waals surface area (Å²) in [6.07, 6.45) is 3.14. The first-order valence-corrected chi connectivity index (χ1v) is 6.72. The fraction of sp³-hybridized carbons (Fsp3) is 0.200. The minimum absolute atomic E-state index is 0.328. The Kier molecular flexibility index (Phi) is 4.18. The lowest BCUT2D eigenvalue weighted by atomic mass is 10.0. The Morgan fingerprint density at radius 3 is 2.74 bits per heavy atom. The summed E-state index contributed by atoms with van der Waals surface area (Å²) in [5.41, 5.74) is 1.56. The van der Waals surface area contributed by atoms with Gasteiger partial charge >= 0.3 is 0 Å². The van der Waals surface area contributed by atoms with Gasteiger partial charge < -0.3 is 4.74 Å². The quantitative estimate of drug-likeness (QED) is 0.829. The van der Waals surface area contributed by atoms with Gasteiger partial charge in [-0.05, 0) is 35.7 Å². The van der Waals surface area contributed by atoms with Gasteiger partial charge in [-0.1, -0.05) is 29.8 Å². The summed E-state index contributed by atoms with van der Waals surface area (Å²) in [4.78, 5) is 4.00. The second kappa shape index (κ2) is 5.85. The van der Waals surface area contributed by atoms with Crippen LogP contribution in [0.25, 0.3) is 0 Å². The van der Waals surface area contributed by atoms with Gasteiger partial charge in [0, 0.05) is 10.7 Å². The van der Waals surface area contributed by atoms with E-state index < -0.39 is 0 Å². The topological polar surface area (TPSA) is 45.9 Å². The van der Waals surface area contributed by atoms with Gasteiger partial charge in [0.2, 0.25) is 0 Å². The van der Waals surface area contributed by atoms with E-state index in [1.165, 1.54) is 0 Å². The molecule has 0 saturated heterocycles. The Labute approximate surface area is 121 Å². The third-order valence-electron chi connectivity index (χ3n) is 2.72. The molecule has 0 aliphatic heterocycles. The van der Waals surface area contributed by atoms with Crippen LogP contribution < -0.4 is 4.74 Å². The van der Waals surface area contributed by atoms with E-state index in [4.69, 9.17) is 10.00 Å². The molecule has 0 aliphatic rings. The summed E-state index contributed by atoms with van der Waals surface area (Å²) in [7, 11) is 0. The fourth-order valence-corrected chi connectivity index (χ4v) is 2.11. The van der Waals surface area contributed by atoms with E-state index in [0.717, 1.165) is 15.8 Å². The van der Waals surface area contributed by atoms with Crippen molar-refractivity contribution in [2.24, 2.45) is 0 Å². The second-order valence-corrected chi connectivity index (χ2v) is 5.34. The predicted octanol–water partition coefficient (Wildman–Crippen LogP) is 4.63. The van der Waals surface area contributed by atoms with E-state index in [0.29, 0.717) is 17.2 Å². The highest BCUT2D eigenvalue weighted by Crippen LogP contribution is 2.33. The molecule has 0 fully saturated rings. The first kappa shape index (κ1) is 13.6. The van der Waals surface area contributed by atoms with Crippen molar-refractivity contribution in [1.82, 2.24) is 4.98 Å². The molecule has 0 N–H and O–H groups in total. The fourth-order valence-electron chi connectivity index (χ4n) is 1.74. The lowest BCUT2D eigenvalue weighted by Crippen LogP contribution is -1.96. The molecule has 19 heavy (non-hydrogen) atoms. The summed E-state index contributed by atoms with van der Waals surface area (Å²) >= 11 is 3.46. The Hall–Kier alpha value is -1.86. The van der Waals surface area contributed by atoms with Crippen LogP contribution in [-0.2, 0) is 0 Å². The molecule has 0 aliphatic carbocycles. The maximum absolute atomic E-state index is 9.05. The van der Waals surface area contributed by atoms with Gasteiger partial charge in [0.25, 0.3) is 0 Å². The number of nitriles is 1. The number of benzene rings is 1. The van der Waals surface area contributed by atoms with Crippen molar-refractivity contribution in [1.29, 1.82) is 5.26 Å². The van der Waals surface area contributed by atoms with Gasteiger partial charge in [0.05, 0.1) is 11.8 Å². The highest BCUT2D eigenvalue weighted by molar-refractivity contribution is 9.10. The smallest absolute Gasteiger partial charge is 0.163 e. The Morgan fingerprint density at radius 1 is 1.26 bits per heavy atom. The van der Waals surface area contributed by atoms with E-state index in [1.54, 1.807) is 18.5 Å². The maximum Gasteiger partial charge on any atom is 0.163 e. The van der Waals surface area contributed by atoms with E-state index in [2.05, 4.69) is 40.8 Å². The van der Waals surface area contributed by atoms with Gasteiger partial charge in [-0.3, -0.25) is 4.98 Å². The van der Waals surface area contributed by atoms with Crippen molar-refractivity contribution in [2.45, 2.75) is 19.8 Å². The minimum Gasteiger partial charge on any atom is -0.454 e. The van der Waals surface area contributed by atoms with Crippen molar-refractivity contribution < 1.29 is 4.74 Å². The number of aromatic nitrogens is 1. The second-order valence-electron chi connectivity index (χ2n) is 4.42. The molecule has 2 rings (SSSR count). The van der Waals surface area contributed by atoms with Crippen molar-refractivity contribution in [3.8, 4) is 17.6 Å². The molecule has 0 atom stereocenters. The van der Waals surface area contributed by atoms with Crippen molar-refractivity contribution >= 4 is 15.9 Å². The molecule has 0 radical (unpaired) electrons. The average Bonchev–Trinajstić information content (AvgIpc) is 2.41. The minimum atomic E-state index is 0.328. The monoisotopic (exact) mass is 316 g/mol. The number of nitrogens with zero attached hydrogens (tertiary/aromatic N) is 2. The molecule has 2 aromatic rings. The number of hydrogen-bond donors (Lipinski definition) is 0. The maximum atomic E-state index is 9.05. The van der Waals surface area contributed by atoms with Gasteiger partial charge in [-0.25, -0.2) is 0 Å². The van der Waals surface area contributed by atoms with Crippen LogP contribution in [0, 0.1) is 11.3 Å². The van der Waals surface area contributed by atoms with Crippen LogP contribution in [0.1, 0.15) is 30.9 Å². The summed E-state index contributed by atoms with van der Waals surface area (Å²) < 4.78 is 6.85. The number of rotatable bonds is 3. The standard InChI is InChI=1S/C15H13BrN2O/c1-10(2)13-7-12(16)3-4-14(13)19-15-9-18-6-5-11(15)8-17/h3-7,9-10H,1-2H3. The largest absolute Gasteiger partial charge is 0.454 e. The number of ether oxygens (including phenoxy) is 1. The Bertz CT molecular complexity index is 632. The summed E-state index contributed by atoms with van der Waals surface area (Å²) in [6, 6.07) is 9.59. The van der Waals surface area contributed by atoms with E-state index in [9.17, 15) is 0 Å². The normalized spacial score (nSPS) is 10.3. The molecule has 0 saturated carbocycles. The van der Waals surface area contributed by atoms with Crippen molar-refractivity contribution in [2.75, 3.05) is 0 Å². The Morgan fingerprint density at radius 2 is 2.05 bits per heavy atom. The van der Waals surface area contributed by atoms with E-state index in [-0.39, 0.29) is 0 Å². The van der Waals surface area contributed by atoms with Crippen molar-refractivity contribution in [3.05, 3.63) is 52.3 Å². The average molecular weight is 317 g/mol. The van der Waals surface area contributed by atoms with E-state index in [1.807, 2.05) is 18.2 Å².